The summed E-state index contributed by atoms with van der Waals surface area (Å²) >= 11 is 0.901. The number of hydrogen-bond acceptors (Lipinski definition) is 4. The smallest absolute Gasteiger partial charge is 0.313 e. The number of benzene rings is 1. The van der Waals surface area contributed by atoms with Gasteiger partial charge in [-0.1, -0.05) is 13.0 Å². The first-order valence-corrected chi connectivity index (χ1v) is 7.19. The molecule has 0 saturated heterocycles. The molecule has 0 amide bonds. The number of aryl methyl sites for hydroxylation is 1. The van der Waals surface area contributed by atoms with Gasteiger partial charge in [0.1, 0.15) is 5.82 Å². The third kappa shape index (κ3) is 4.21. The largest absolute Gasteiger partial charge is 0.417 e. The van der Waals surface area contributed by atoms with Crippen LogP contribution >= 0.6 is 11.8 Å². The van der Waals surface area contributed by atoms with Gasteiger partial charge >= 0.3 is 6.18 Å². The molecule has 0 unspecified atom stereocenters. The summed E-state index contributed by atoms with van der Waals surface area (Å²) < 4.78 is 39.5. The SMILES string of the molecule is CCNCc1ccc(Sc2n[nH]c(C)n2)c(C(F)(F)F)c1. The summed E-state index contributed by atoms with van der Waals surface area (Å²) in [5.74, 6) is 0.565. The number of nitrogens with zero attached hydrogens (tertiary/aromatic N) is 2. The fourth-order valence-electron chi connectivity index (χ4n) is 1.73. The quantitative estimate of drug-likeness (QED) is 0.888. The normalized spacial score (nSPS) is 11.9. The second-order valence-corrected chi connectivity index (χ2v) is 5.42. The molecule has 0 aliphatic heterocycles. The molecule has 1 aromatic heterocycles. The van der Waals surface area contributed by atoms with Crippen molar-refractivity contribution in [2.24, 2.45) is 0 Å². The lowest BCUT2D eigenvalue weighted by Crippen LogP contribution is -2.13. The van der Waals surface area contributed by atoms with Crippen LogP contribution in [0.1, 0.15) is 23.9 Å². The van der Waals surface area contributed by atoms with Gasteiger partial charge in [-0.05, 0) is 42.9 Å². The van der Waals surface area contributed by atoms with Crippen molar-refractivity contribution < 1.29 is 13.2 Å². The van der Waals surface area contributed by atoms with Gasteiger partial charge in [-0.25, -0.2) is 4.98 Å². The Labute approximate surface area is 124 Å². The average molecular weight is 316 g/mol. The second-order valence-electron chi connectivity index (χ2n) is 4.41. The van der Waals surface area contributed by atoms with Gasteiger partial charge in [0.25, 0.3) is 0 Å². The molecular weight excluding hydrogens is 301 g/mol. The van der Waals surface area contributed by atoms with E-state index in [0.29, 0.717) is 24.5 Å². The Balaban J connectivity index is 2.31. The van der Waals surface area contributed by atoms with Gasteiger partial charge in [0.2, 0.25) is 5.16 Å². The van der Waals surface area contributed by atoms with Crippen LogP contribution in [0.3, 0.4) is 0 Å². The number of aromatic nitrogens is 3. The minimum absolute atomic E-state index is 0.0988. The van der Waals surface area contributed by atoms with E-state index >= 15 is 0 Å². The molecule has 0 aliphatic rings. The highest BCUT2D eigenvalue weighted by molar-refractivity contribution is 7.99. The molecule has 0 radical (unpaired) electrons. The van der Waals surface area contributed by atoms with Crippen molar-refractivity contribution in [2.45, 2.75) is 36.6 Å². The highest BCUT2D eigenvalue weighted by Gasteiger charge is 2.34. The van der Waals surface area contributed by atoms with Gasteiger partial charge < -0.3 is 5.32 Å². The zero-order chi connectivity index (χ0) is 15.5. The Hall–Kier alpha value is -1.54. The maximum absolute atomic E-state index is 13.2. The molecule has 0 spiro atoms. The van der Waals surface area contributed by atoms with Crippen LogP contribution in [0.5, 0.6) is 0 Å². The zero-order valence-electron chi connectivity index (χ0n) is 11.6. The number of hydrogen-bond donors (Lipinski definition) is 2. The lowest BCUT2D eigenvalue weighted by Gasteiger charge is -2.13. The Morgan fingerprint density at radius 1 is 1.33 bits per heavy atom. The molecule has 4 nitrogen and oxygen atoms in total. The van der Waals surface area contributed by atoms with E-state index < -0.39 is 11.7 Å². The Morgan fingerprint density at radius 2 is 2.10 bits per heavy atom. The summed E-state index contributed by atoms with van der Waals surface area (Å²) in [6, 6.07) is 4.32. The highest BCUT2D eigenvalue weighted by atomic mass is 32.2. The number of rotatable bonds is 5. The van der Waals surface area contributed by atoms with Crippen molar-refractivity contribution in [3.8, 4) is 0 Å². The van der Waals surface area contributed by atoms with Crippen molar-refractivity contribution in [3.05, 3.63) is 35.2 Å². The molecule has 0 fully saturated rings. The first-order valence-electron chi connectivity index (χ1n) is 6.38. The molecule has 2 rings (SSSR count). The number of H-pyrrole nitrogens is 1. The molecule has 1 aromatic carbocycles. The summed E-state index contributed by atoms with van der Waals surface area (Å²) in [6.07, 6.45) is -4.41. The van der Waals surface area contributed by atoms with E-state index in [1.54, 1.807) is 13.0 Å². The Bertz CT molecular complexity index is 610. The highest BCUT2D eigenvalue weighted by Crippen LogP contribution is 2.39. The van der Waals surface area contributed by atoms with E-state index in [0.717, 1.165) is 11.8 Å². The predicted molar refractivity (Wildman–Crippen MR) is 74.1 cm³/mol. The lowest BCUT2D eigenvalue weighted by atomic mass is 10.1. The van der Waals surface area contributed by atoms with E-state index in [1.165, 1.54) is 12.1 Å². The predicted octanol–water partition coefficient (Wildman–Crippen LogP) is 3.39. The van der Waals surface area contributed by atoms with Crippen LogP contribution in [0, 0.1) is 6.92 Å². The molecule has 0 saturated carbocycles. The molecule has 0 atom stereocenters. The minimum Gasteiger partial charge on any atom is -0.313 e. The molecule has 8 heteroatoms. The van der Waals surface area contributed by atoms with E-state index in [2.05, 4.69) is 20.5 Å². The van der Waals surface area contributed by atoms with Crippen LogP contribution < -0.4 is 5.32 Å². The fourth-order valence-corrected chi connectivity index (χ4v) is 2.62. The van der Waals surface area contributed by atoms with Crippen LogP contribution in [0.15, 0.2) is 28.3 Å². The summed E-state index contributed by atoms with van der Waals surface area (Å²) in [5.41, 5.74) is -0.0648. The maximum Gasteiger partial charge on any atom is 0.417 e. The topological polar surface area (TPSA) is 53.6 Å². The molecule has 0 aliphatic carbocycles. The van der Waals surface area contributed by atoms with Gasteiger partial charge in [0, 0.05) is 11.4 Å². The van der Waals surface area contributed by atoms with Crippen molar-refractivity contribution in [1.82, 2.24) is 20.5 Å². The van der Waals surface area contributed by atoms with Crippen LogP contribution in [-0.4, -0.2) is 21.7 Å². The summed E-state index contributed by atoms with van der Waals surface area (Å²) in [7, 11) is 0. The van der Waals surface area contributed by atoms with Crippen molar-refractivity contribution in [2.75, 3.05) is 6.54 Å². The average Bonchev–Trinajstić information content (AvgIpc) is 2.82. The molecule has 0 bridgehead atoms. The Kier molecular flexibility index (Phi) is 4.89. The number of nitrogens with one attached hydrogen (secondary N) is 2. The molecule has 21 heavy (non-hydrogen) atoms. The van der Waals surface area contributed by atoms with Crippen LogP contribution in [0.4, 0.5) is 13.2 Å². The van der Waals surface area contributed by atoms with Crippen molar-refractivity contribution in [1.29, 1.82) is 0 Å². The molecule has 2 aromatic rings. The van der Waals surface area contributed by atoms with Gasteiger partial charge in [0.15, 0.2) is 0 Å². The van der Waals surface area contributed by atoms with Crippen LogP contribution in [-0.2, 0) is 12.7 Å². The molecule has 2 N–H and O–H groups in total. The third-order valence-electron chi connectivity index (χ3n) is 2.71. The van der Waals surface area contributed by atoms with Crippen molar-refractivity contribution in [3.63, 3.8) is 0 Å². The number of alkyl halides is 3. The van der Waals surface area contributed by atoms with E-state index in [4.69, 9.17) is 0 Å². The van der Waals surface area contributed by atoms with E-state index in [9.17, 15) is 13.2 Å². The van der Waals surface area contributed by atoms with E-state index in [1.807, 2.05) is 6.92 Å². The number of halogens is 3. The minimum atomic E-state index is -4.41. The maximum atomic E-state index is 13.2. The summed E-state index contributed by atoms with van der Waals surface area (Å²) in [5, 5.41) is 9.75. The molecular formula is C13H15F3N4S. The van der Waals surface area contributed by atoms with Gasteiger partial charge in [-0.2, -0.15) is 13.2 Å². The van der Waals surface area contributed by atoms with Crippen LogP contribution in [0.2, 0.25) is 0 Å². The van der Waals surface area contributed by atoms with Gasteiger partial charge in [-0.15, -0.1) is 5.10 Å². The summed E-state index contributed by atoms with van der Waals surface area (Å²) in [6.45, 7) is 4.71. The second kappa shape index (κ2) is 6.48. The van der Waals surface area contributed by atoms with Crippen LogP contribution in [0.25, 0.3) is 0 Å². The molecule has 1 heterocycles. The fraction of sp³-hybridized carbons (Fsp3) is 0.385. The van der Waals surface area contributed by atoms with Crippen molar-refractivity contribution >= 4 is 11.8 Å². The third-order valence-corrected chi connectivity index (χ3v) is 3.65. The first-order chi connectivity index (χ1) is 9.90. The first kappa shape index (κ1) is 15.8. The molecule has 114 valence electrons. The standard InChI is InChI=1S/C13H15F3N4S/c1-3-17-7-9-4-5-11(10(6-9)13(14,15)16)21-12-18-8(2)19-20-12/h4-6,17H,3,7H2,1-2H3,(H,18,19,20). The lowest BCUT2D eigenvalue weighted by molar-refractivity contribution is -0.139. The van der Waals surface area contributed by atoms with E-state index in [-0.39, 0.29) is 10.1 Å². The summed E-state index contributed by atoms with van der Waals surface area (Å²) in [4.78, 5) is 4.12. The Morgan fingerprint density at radius 3 is 2.67 bits per heavy atom. The number of aromatic amines is 1. The van der Waals surface area contributed by atoms with Gasteiger partial charge in [0.05, 0.1) is 5.56 Å². The monoisotopic (exact) mass is 316 g/mol. The van der Waals surface area contributed by atoms with Gasteiger partial charge in [-0.3, -0.25) is 5.10 Å². The zero-order valence-corrected chi connectivity index (χ0v) is 12.4.